The first-order valence-corrected chi connectivity index (χ1v) is 7.18. The van der Waals surface area contributed by atoms with Crippen molar-refractivity contribution in [2.45, 2.75) is 13.0 Å². The summed E-state index contributed by atoms with van der Waals surface area (Å²) in [6.45, 7) is 5.83. The third-order valence-corrected chi connectivity index (χ3v) is 3.27. The van der Waals surface area contributed by atoms with E-state index in [1.807, 2.05) is 30.3 Å². The highest BCUT2D eigenvalue weighted by atomic mass is 19.1. The van der Waals surface area contributed by atoms with Crippen LogP contribution in [0.4, 0.5) is 4.39 Å². The van der Waals surface area contributed by atoms with Crippen molar-refractivity contribution in [1.29, 1.82) is 0 Å². The lowest BCUT2D eigenvalue weighted by Crippen LogP contribution is -2.83. The predicted molar refractivity (Wildman–Crippen MR) is 82.7 cm³/mol. The van der Waals surface area contributed by atoms with Gasteiger partial charge in [0.2, 0.25) is 0 Å². The van der Waals surface area contributed by atoms with E-state index in [9.17, 15) is 4.39 Å². The van der Waals surface area contributed by atoms with Crippen LogP contribution in [-0.2, 0) is 13.0 Å². The summed E-state index contributed by atoms with van der Waals surface area (Å²) in [6.07, 6.45) is 2.46. The number of hydrogen-bond donors (Lipinski definition) is 1. The molecule has 0 radical (unpaired) electrons. The van der Waals surface area contributed by atoms with Gasteiger partial charge in [-0.25, -0.2) is 4.39 Å². The molecule has 0 aliphatic heterocycles. The van der Waals surface area contributed by atoms with Gasteiger partial charge in [0.1, 0.15) is 24.7 Å². The van der Waals surface area contributed by atoms with Gasteiger partial charge in [0.15, 0.2) is 0 Å². The average Bonchev–Trinajstić information content (AvgIpc) is 2.52. The number of para-hydroxylation sites is 1. The van der Waals surface area contributed by atoms with E-state index in [1.54, 1.807) is 12.1 Å². The van der Waals surface area contributed by atoms with Crippen LogP contribution in [-0.4, -0.2) is 13.2 Å². The summed E-state index contributed by atoms with van der Waals surface area (Å²) >= 11 is 0. The lowest BCUT2D eigenvalue weighted by atomic mass is 10.1. The van der Waals surface area contributed by atoms with E-state index in [2.05, 4.69) is 18.0 Å². The molecule has 0 spiro atoms. The van der Waals surface area contributed by atoms with E-state index in [-0.39, 0.29) is 5.82 Å². The maximum absolute atomic E-state index is 13.5. The van der Waals surface area contributed by atoms with Gasteiger partial charge in [-0.05, 0) is 23.8 Å². The van der Waals surface area contributed by atoms with Gasteiger partial charge >= 0.3 is 0 Å². The van der Waals surface area contributed by atoms with E-state index in [0.717, 1.165) is 36.4 Å². The minimum Gasteiger partial charge on any atom is -0.489 e. The van der Waals surface area contributed by atoms with Gasteiger partial charge in [-0.1, -0.05) is 43.0 Å². The van der Waals surface area contributed by atoms with Gasteiger partial charge in [0.25, 0.3) is 0 Å². The Morgan fingerprint density at radius 2 is 1.76 bits per heavy atom. The first-order chi connectivity index (χ1) is 10.3. The molecule has 0 fully saturated rings. The molecule has 0 aromatic heterocycles. The molecule has 2 N–H and O–H groups in total. The number of quaternary nitrogens is 1. The van der Waals surface area contributed by atoms with Gasteiger partial charge in [-0.15, -0.1) is 0 Å². The summed E-state index contributed by atoms with van der Waals surface area (Å²) in [5.74, 6) is 0.764. The van der Waals surface area contributed by atoms with E-state index >= 15 is 0 Å². The summed E-state index contributed by atoms with van der Waals surface area (Å²) in [6, 6.07) is 14.9. The third-order valence-electron chi connectivity index (χ3n) is 3.27. The highest BCUT2D eigenvalue weighted by molar-refractivity contribution is 5.32. The first-order valence-electron chi connectivity index (χ1n) is 7.18. The van der Waals surface area contributed by atoms with Crippen LogP contribution in [0.2, 0.25) is 0 Å². The Balaban J connectivity index is 1.83. The Hall–Kier alpha value is -2.13. The van der Waals surface area contributed by atoms with Crippen molar-refractivity contribution in [3.8, 4) is 5.75 Å². The second kappa shape index (κ2) is 8.22. The van der Waals surface area contributed by atoms with Crippen molar-refractivity contribution in [3.63, 3.8) is 0 Å². The van der Waals surface area contributed by atoms with Crippen LogP contribution in [0.15, 0.2) is 61.2 Å². The van der Waals surface area contributed by atoms with Gasteiger partial charge < -0.3 is 10.1 Å². The van der Waals surface area contributed by atoms with Crippen LogP contribution in [0.1, 0.15) is 11.1 Å². The minimum atomic E-state index is -0.124. The largest absolute Gasteiger partial charge is 0.489 e. The molecule has 0 amide bonds. The molecule has 2 aromatic carbocycles. The zero-order chi connectivity index (χ0) is 14.9. The van der Waals surface area contributed by atoms with Crippen LogP contribution in [0.5, 0.6) is 5.75 Å². The summed E-state index contributed by atoms with van der Waals surface area (Å²) in [5.41, 5.74) is 1.91. The Morgan fingerprint density at radius 1 is 1.05 bits per heavy atom. The summed E-state index contributed by atoms with van der Waals surface area (Å²) in [7, 11) is 0. The predicted octanol–water partition coefficient (Wildman–Crippen LogP) is 2.70. The first kappa shape index (κ1) is 15.3. The molecule has 2 rings (SSSR count). The van der Waals surface area contributed by atoms with Crippen molar-refractivity contribution in [2.75, 3.05) is 13.2 Å². The van der Waals surface area contributed by atoms with Crippen molar-refractivity contribution >= 4 is 0 Å². The fourth-order valence-corrected chi connectivity index (χ4v) is 2.18. The molecule has 0 atom stereocenters. The third kappa shape index (κ3) is 4.72. The lowest BCUT2D eigenvalue weighted by molar-refractivity contribution is -0.670. The highest BCUT2D eigenvalue weighted by Crippen LogP contribution is 2.16. The SMILES string of the molecule is C=CCOc1ccccc1C[NH2+]CCc1ccccc1F. The van der Waals surface area contributed by atoms with Gasteiger partial charge in [-0.3, -0.25) is 0 Å². The minimum absolute atomic E-state index is 0.124. The van der Waals surface area contributed by atoms with Gasteiger partial charge in [0.05, 0.1) is 6.54 Å². The molecule has 0 bridgehead atoms. The van der Waals surface area contributed by atoms with Crippen LogP contribution < -0.4 is 10.1 Å². The van der Waals surface area contributed by atoms with Crippen molar-refractivity contribution in [1.82, 2.24) is 0 Å². The van der Waals surface area contributed by atoms with E-state index in [4.69, 9.17) is 4.74 Å². The Labute approximate surface area is 125 Å². The number of rotatable bonds is 8. The molecular formula is C18H21FNO+. The maximum atomic E-state index is 13.5. The molecule has 110 valence electrons. The van der Waals surface area contributed by atoms with Crippen molar-refractivity contribution < 1.29 is 14.4 Å². The highest BCUT2D eigenvalue weighted by Gasteiger charge is 2.05. The average molecular weight is 286 g/mol. The molecule has 2 aromatic rings. The molecule has 0 aliphatic rings. The van der Waals surface area contributed by atoms with Crippen LogP contribution >= 0.6 is 0 Å². The number of benzene rings is 2. The van der Waals surface area contributed by atoms with Crippen molar-refractivity contribution in [3.05, 3.63) is 78.1 Å². The second-order valence-corrected chi connectivity index (χ2v) is 4.83. The van der Waals surface area contributed by atoms with E-state index in [1.165, 1.54) is 6.07 Å². The zero-order valence-corrected chi connectivity index (χ0v) is 12.1. The van der Waals surface area contributed by atoms with Gasteiger partial charge in [0, 0.05) is 12.0 Å². The smallest absolute Gasteiger partial charge is 0.128 e. The molecule has 0 heterocycles. The van der Waals surface area contributed by atoms with E-state index < -0.39 is 0 Å². The molecule has 21 heavy (non-hydrogen) atoms. The Bertz CT molecular complexity index is 583. The van der Waals surface area contributed by atoms with Crippen LogP contribution in [0, 0.1) is 5.82 Å². The molecule has 0 saturated heterocycles. The topological polar surface area (TPSA) is 25.8 Å². The Kier molecular flexibility index (Phi) is 5.98. The van der Waals surface area contributed by atoms with Crippen molar-refractivity contribution in [2.24, 2.45) is 0 Å². The standard InChI is InChI=1S/C18H20FNO/c1-2-13-21-18-10-6-4-8-16(18)14-20-12-11-15-7-3-5-9-17(15)19/h2-10,20H,1,11-14H2/p+1. The van der Waals surface area contributed by atoms with Crippen LogP contribution in [0.25, 0.3) is 0 Å². The molecular weight excluding hydrogens is 265 g/mol. The normalized spacial score (nSPS) is 10.3. The zero-order valence-electron chi connectivity index (χ0n) is 12.1. The van der Waals surface area contributed by atoms with Crippen LogP contribution in [0.3, 0.4) is 0 Å². The summed E-state index contributed by atoms with van der Waals surface area (Å²) < 4.78 is 19.1. The number of hydrogen-bond acceptors (Lipinski definition) is 1. The quantitative estimate of drug-likeness (QED) is 0.586. The van der Waals surface area contributed by atoms with E-state index in [0.29, 0.717) is 6.61 Å². The maximum Gasteiger partial charge on any atom is 0.128 e. The molecule has 0 unspecified atom stereocenters. The number of nitrogens with two attached hydrogens (primary N) is 1. The Morgan fingerprint density at radius 3 is 2.52 bits per heavy atom. The lowest BCUT2D eigenvalue weighted by Gasteiger charge is -2.09. The summed E-state index contributed by atoms with van der Waals surface area (Å²) in [5, 5.41) is 2.17. The second-order valence-electron chi connectivity index (χ2n) is 4.83. The molecule has 2 nitrogen and oxygen atoms in total. The summed E-state index contributed by atoms with van der Waals surface area (Å²) in [4.78, 5) is 0. The molecule has 3 heteroatoms. The fourth-order valence-electron chi connectivity index (χ4n) is 2.18. The molecule has 0 aliphatic carbocycles. The monoisotopic (exact) mass is 286 g/mol. The fraction of sp³-hybridized carbons (Fsp3) is 0.222. The number of ether oxygens (including phenoxy) is 1. The van der Waals surface area contributed by atoms with Gasteiger partial charge in [-0.2, -0.15) is 0 Å². The molecule has 0 saturated carbocycles. The number of halogens is 1.